The van der Waals surface area contributed by atoms with Gasteiger partial charge >= 0.3 is 0 Å². The molecule has 0 spiro atoms. The lowest BCUT2D eigenvalue weighted by Crippen LogP contribution is -2.05. The van der Waals surface area contributed by atoms with Crippen LogP contribution in [-0.4, -0.2) is 14.8 Å². The Balaban J connectivity index is 1.70. The van der Waals surface area contributed by atoms with Crippen LogP contribution in [0.1, 0.15) is 48.0 Å². The second kappa shape index (κ2) is 5.59. The average Bonchev–Trinajstić information content (AvgIpc) is 3.10. The van der Waals surface area contributed by atoms with E-state index >= 15 is 0 Å². The quantitative estimate of drug-likeness (QED) is 0.831. The van der Waals surface area contributed by atoms with Crippen molar-refractivity contribution in [2.24, 2.45) is 0 Å². The highest BCUT2D eigenvalue weighted by atomic mass is 15.3. The molecule has 0 atom stereocenters. The standard InChI is InChI=1S/C21H23N3/c1-5-16-10-17-8-9-19-12-24(23-21(19)20(17)14(16)3)11-18-7-6-13(2)22-15(18)4/h5-7,12H,1,8-11H2,2-4H3. The topological polar surface area (TPSA) is 30.7 Å². The normalized spacial score (nSPS) is 16.5. The van der Waals surface area contributed by atoms with E-state index in [4.69, 9.17) is 5.10 Å². The van der Waals surface area contributed by atoms with Gasteiger partial charge < -0.3 is 0 Å². The van der Waals surface area contributed by atoms with Crippen LogP contribution >= 0.6 is 0 Å². The van der Waals surface area contributed by atoms with Gasteiger partial charge in [0.2, 0.25) is 0 Å². The van der Waals surface area contributed by atoms with Crippen LogP contribution in [0, 0.1) is 13.8 Å². The molecule has 0 aliphatic heterocycles. The van der Waals surface area contributed by atoms with Crippen molar-refractivity contribution < 1.29 is 0 Å². The molecule has 24 heavy (non-hydrogen) atoms. The summed E-state index contributed by atoms with van der Waals surface area (Å²) in [5, 5.41) is 4.93. The molecule has 2 aliphatic rings. The van der Waals surface area contributed by atoms with Crippen LogP contribution in [0.5, 0.6) is 0 Å². The summed E-state index contributed by atoms with van der Waals surface area (Å²) in [7, 11) is 0. The van der Waals surface area contributed by atoms with Gasteiger partial charge in [-0.2, -0.15) is 5.10 Å². The number of allylic oxidation sites excluding steroid dienone is 5. The van der Waals surface area contributed by atoms with Crippen molar-refractivity contribution in [3.63, 3.8) is 0 Å². The van der Waals surface area contributed by atoms with Gasteiger partial charge in [0.05, 0.1) is 12.2 Å². The van der Waals surface area contributed by atoms with E-state index in [1.165, 1.54) is 39.1 Å². The number of fused-ring (bicyclic) bond motifs is 2. The maximum absolute atomic E-state index is 4.93. The molecule has 122 valence electrons. The number of rotatable bonds is 3. The van der Waals surface area contributed by atoms with Crippen LogP contribution in [-0.2, 0) is 13.0 Å². The molecule has 0 bridgehead atoms. The molecule has 3 heteroatoms. The molecule has 0 amide bonds. The van der Waals surface area contributed by atoms with E-state index in [0.717, 1.165) is 37.2 Å². The SMILES string of the molecule is C=CC1=C(C)C2=C(CCc3cn(Cc4ccc(C)nc4C)nc32)C1. The summed E-state index contributed by atoms with van der Waals surface area (Å²) in [6.07, 6.45) is 7.52. The molecule has 0 unspecified atom stereocenters. The van der Waals surface area contributed by atoms with E-state index in [2.05, 4.69) is 48.4 Å². The Morgan fingerprint density at radius 3 is 2.79 bits per heavy atom. The third-order valence-corrected chi connectivity index (χ3v) is 5.30. The zero-order valence-electron chi connectivity index (χ0n) is 14.7. The van der Waals surface area contributed by atoms with Crippen molar-refractivity contribution in [3.05, 3.63) is 75.9 Å². The number of pyridine rings is 1. The number of nitrogens with zero attached hydrogens (tertiary/aromatic N) is 3. The Morgan fingerprint density at radius 1 is 1.21 bits per heavy atom. The van der Waals surface area contributed by atoms with Gasteiger partial charge in [-0.25, -0.2) is 0 Å². The summed E-state index contributed by atoms with van der Waals surface area (Å²) in [5.74, 6) is 0. The Bertz CT molecular complexity index is 909. The average molecular weight is 317 g/mol. The number of aromatic nitrogens is 3. The first-order chi connectivity index (χ1) is 11.6. The molecule has 0 saturated heterocycles. The van der Waals surface area contributed by atoms with Gasteiger partial charge in [-0.05, 0) is 68.4 Å². The molecule has 2 aromatic rings. The van der Waals surface area contributed by atoms with Crippen molar-refractivity contribution in [3.8, 4) is 0 Å². The van der Waals surface area contributed by atoms with Crippen molar-refractivity contribution in [2.45, 2.75) is 46.6 Å². The number of aryl methyl sites for hydroxylation is 3. The lowest BCUT2D eigenvalue weighted by molar-refractivity contribution is 0.677. The van der Waals surface area contributed by atoms with Crippen LogP contribution < -0.4 is 0 Å². The summed E-state index contributed by atoms with van der Waals surface area (Å²) in [6.45, 7) is 11.1. The molecule has 2 heterocycles. The Labute approximate surface area is 143 Å². The number of hydrogen-bond donors (Lipinski definition) is 0. The van der Waals surface area contributed by atoms with Gasteiger partial charge in [0.1, 0.15) is 0 Å². The largest absolute Gasteiger partial charge is 0.267 e. The highest BCUT2D eigenvalue weighted by Gasteiger charge is 2.28. The first kappa shape index (κ1) is 15.1. The summed E-state index contributed by atoms with van der Waals surface area (Å²) in [5.41, 5.74) is 11.6. The van der Waals surface area contributed by atoms with Crippen LogP contribution in [0.2, 0.25) is 0 Å². The lowest BCUT2D eigenvalue weighted by Gasteiger charge is -2.14. The van der Waals surface area contributed by atoms with E-state index in [9.17, 15) is 0 Å². The third-order valence-electron chi connectivity index (χ3n) is 5.30. The minimum Gasteiger partial charge on any atom is -0.267 e. The van der Waals surface area contributed by atoms with Crippen LogP contribution in [0.3, 0.4) is 0 Å². The fraction of sp³-hybridized carbons (Fsp3) is 0.333. The molecular formula is C21H23N3. The molecule has 2 aromatic heterocycles. The van der Waals surface area contributed by atoms with Gasteiger partial charge in [-0.1, -0.05) is 24.3 Å². The van der Waals surface area contributed by atoms with Gasteiger partial charge in [-0.15, -0.1) is 0 Å². The molecule has 0 radical (unpaired) electrons. The molecule has 0 saturated carbocycles. The zero-order chi connectivity index (χ0) is 16.8. The van der Waals surface area contributed by atoms with Crippen molar-refractivity contribution in [1.29, 1.82) is 0 Å². The van der Waals surface area contributed by atoms with E-state index < -0.39 is 0 Å². The van der Waals surface area contributed by atoms with E-state index in [0.29, 0.717) is 0 Å². The van der Waals surface area contributed by atoms with Crippen LogP contribution in [0.25, 0.3) is 5.57 Å². The molecule has 0 N–H and O–H groups in total. The maximum Gasteiger partial charge on any atom is 0.0957 e. The Morgan fingerprint density at radius 2 is 2.04 bits per heavy atom. The van der Waals surface area contributed by atoms with Gasteiger partial charge in [-0.3, -0.25) is 9.67 Å². The summed E-state index contributed by atoms with van der Waals surface area (Å²) in [4.78, 5) is 4.57. The second-order valence-electron chi connectivity index (χ2n) is 6.91. The first-order valence-corrected chi connectivity index (χ1v) is 8.61. The lowest BCUT2D eigenvalue weighted by atomic mass is 9.90. The smallest absolute Gasteiger partial charge is 0.0957 e. The van der Waals surface area contributed by atoms with E-state index in [1.807, 2.05) is 13.0 Å². The van der Waals surface area contributed by atoms with Gasteiger partial charge in [0.15, 0.2) is 0 Å². The fourth-order valence-electron chi connectivity index (χ4n) is 3.94. The minimum absolute atomic E-state index is 0.784. The first-order valence-electron chi connectivity index (χ1n) is 8.61. The predicted octanol–water partition coefficient (Wildman–Crippen LogP) is 4.55. The fourth-order valence-corrected chi connectivity index (χ4v) is 3.94. The molecular weight excluding hydrogens is 294 g/mol. The van der Waals surface area contributed by atoms with E-state index in [-0.39, 0.29) is 0 Å². The van der Waals surface area contributed by atoms with Crippen LogP contribution in [0.15, 0.2) is 47.7 Å². The highest BCUT2D eigenvalue weighted by molar-refractivity contribution is 5.86. The molecule has 4 rings (SSSR count). The molecule has 2 aliphatic carbocycles. The minimum atomic E-state index is 0.784. The van der Waals surface area contributed by atoms with Gasteiger partial charge in [0.25, 0.3) is 0 Å². The Hall–Kier alpha value is -2.42. The summed E-state index contributed by atoms with van der Waals surface area (Å²) in [6, 6.07) is 4.24. The van der Waals surface area contributed by atoms with Crippen LogP contribution in [0.4, 0.5) is 0 Å². The molecule has 3 nitrogen and oxygen atoms in total. The van der Waals surface area contributed by atoms with Crippen molar-refractivity contribution in [2.75, 3.05) is 0 Å². The predicted molar refractivity (Wildman–Crippen MR) is 97.8 cm³/mol. The summed E-state index contributed by atoms with van der Waals surface area (Å²) >= 11 is 0. The maximum atomic E-state index is 4.93. The second-order valence-corrected chi connectivity index (χ2v) is 6.91. The van der Waals surface area contributed by atoms with Gasteiger partial charge in [0, 0.05) is 23.2 Å². The zero-order valence-corrected chi connectivity index (χ0v) is 14.7. The summed E-state index contributed by atoms with van der Waals surface area (Å²) < 4.78 is 2.08. The highest BCUT2D eigenvalue weighted by Crippen LogP contribution is 2.44. The molecule has 0 fully saturated rings. The van der Waals surface area contributed by atoms with Crippen molar-refractivity contribution in [1.82, 2.24) is 14.8 Å². The Kier molecular flexibility index (Phi) is 3.52. The monoisotopic (exact) mass is 317 g/mol. The van der Waals surface area contributed by atoms with Crippen molar-refractivity contribution >= 4 is 5.57 Å². The van der Waals surface area contributed by atoms with E-state index in [1.54, 1.807) is 0 Å². The number of hydrogen-bond acceptors (Lipinski definition) is 2. The third kappa shape index (κ3) is 2.35. The molecule has 0 aromatic carbocycles.